The molecule has 208 valence electrons. The normalized spacial score (nSPS) is 13.4. The first-order valence-corrected chi connectivity index (χ1v) is 14.2. The summed E-state index contributed by atoms with van der Waals surface area (Å²) in [5.41, 5.74) is 2.16. The zero-order chi connectivity index (χ0) is 28.3. The predicted molar refractivity (Wildman–Crippen MR) is 154 cm³/mol. The number of amides is 1. The number of hydrogen-bond donors (Lipinski definition) is 3. The molecule has 0 atom stereocenters. The molecule has 1 saturated heterocycles. The van der Waals surface area contributed by atoms with E-state index in [9.17, 15) is 13.2 Å². The number of para-hydroxylation sites is 2. The molecule has 2 heterocycles. The highest BCUT2D eigenvalue weighted by Gasteiger charge is 2.30. The summed E-state index contributed by atoms with van der Waals surface area (Å²) in [4.78, 5) is 23.7. The van der Waals surface area contributed by atoms with E-state index in [0.29, 0.717) is 53.5 Å². The fourth-order valence-corrected chi connectivity index (χ4v) is 5.38. The molecule has 3 aromatic carbocycles. The molecule has 4 aromatic rings. The fourth-order valence-electron chi connectivity index (χ4n) is 4.33. The van der Waals surface area contributed by atoms with Gasteiger partial charge in [-0.05, 0) is 37.3 Å². The molecule has 1 amide bonds. The number of hydrogen-bond acceptors (Lipinski definition) is 9. The molecule has 5 rings (SSSR count). The van der Waals surface area contributed by atoms with Gasteiger partial charge in [0.25, 0.3) is 10.0 Å². The highest BCUT2D eigenvalue weighted by atomic mass is 32.2. The Morgan fingerprint density at radius 2 is 1.60 bits per heavy atom. The maximum atomic E-state index is 13.6. The smallest absolute Gasteiger partial charge is 0.263 e. The van der Waals surface area contributed by atoms with Crippen LogP contribution in [-0.2, 0) is 14.8 Å². The van der Waals surface area contributed by atoms with Crippen LogP contribution < -0.4 is 29.7 Å². The summed E-state index contributed by atoms with van der Waals surface area (Å²) in [5.74, 6) is 1.13. The molecule has 40 heavy (non-hydrogen) atoms. The number of benzene rings is 3. The third kappa shape index (κ3) is 5.63. The molecular formula is C28H30N6O5S. The van der Waals surface area contributed by atoms with Crippen molar-refractivity contribution in [2.45, 2.75) is 11.8 Å². The summed E-state index contributed by atoms with van der Waals surface area (Å²) >= 11 is 0. The topological polar surface area (TPSA) is 135 Å². The summed E-state index contributed by atoms with van der Waals surface area (Å²) < 4.78 is 40.5. The van der Waals surface area contributed by atoms with E-state index in [0.717, 1.165) is 0 Å². The maximum absolute atomic E-state index is 13.6. The Morgan fingerprint density at radius 3 is 2.17 bits per heavy atom. The van der Waals surface area contributed by atoms with Gasteiger partial charge in [-0.2, -0.15) is 0 Å². The van der Waals surface area contributed by atoms with Crippen LogP contribution in [-0.4, -0.2) is 58.1 Å². The van der Waals surface area contributed by atoms with Crippen LogP contribution in [0.2, 0.25) is 0 Å². The van der Waals surface area contributed by atoms with Gasteiger partial charge in [-0.25, -0.2) is 18.4 Å². The standard InChI is InChI=1S/C28H30N6O5S/c1-4-34(28(35)18-16-29-17-18)20-8-7-9-23(14-20)40(36,37)33-27-26(31-24-10-5-6-11-25(24)32-27)30-19-12-21(38-2)15-22(13-19)39-3/h5-15,18,29H,4,16-17H2,1-3H3,(H,30,31)(H,32,33). The molecular weight excluding hydrogens is 532 g/mol. The average Bonchev–Trinajstić information content (AvgIpc) is 2.92. The lowest BCUT2D eigenvalue weighted by molar-refractivity contribution is -0.123. The van der Waals surface area contributed by atoms with Crippen molar-refractivity contribution in [2.75, 3.05) is 48.8 Å². The van der Waals surface area contributed by atoms with Crippen LogP contribution in [0.4, 0.5) is 23.0 Å². The molecule has 0 aliphatic carbocycles. The van der Waals surface area contributed by atoms with E-state index >= 15 is 0 Å². The van der Waals surface area contributed by atoms with E-state index in [1.807, 2.05) is 13.0 Å². The quantitative estimate of drug-likeness (QED) is 0.264. The molecule has 0 bridgehead atoms. The van der Waals surface area contributed by atoms with Gasteiger partial charge in [-0.15, -0.1) is 0 Å². The van der Waals surface area contributed by atoms with Crippen LogP contribution >= 0.6 is 0 Å². The zero-order valence-electron chi connectivity index (χ0n) is 22.3. The third-order valence-electron chi connectivity index (χ3n) is 6.57. The molecule has 3 N–H and O–H groups in total. The molecule has 12 heteroatoms. The van der Waals surface area contributed by atoms with Crippen molar-refractivity contribution in [3.8, 4) is 11.5 Å². The van der Waals surface area contributed by atoms with Crippen molar-refractivity contribution in [3.05, 3.63) is 66.7 Å². The average molecular weight is 563 g/mol. The van der Waals surface area contributed by atoms with E-state index in [2.05, 4.69) is 25.3 Å². The molecule has 1 aliphatic heterocycles. The number of sulfonamides is 1. The van der Waals surface area contributed by atoms with Crippen molar-refractivity contribution >= 4 is 50.0 Å². The lowest BCUT2D eigenvalue weighted by Crippen LogP contribution is -2.52. The number of aromatic nitrogens is 2. The van der Waals surface area contributed by atoms with Gasteiger partial charge in [-0.3, -0.25) is 9.52 Å². The molecule has 0 saturated carbocycles. The Labute approximate surface area is 232 Å². The summed E-state index contributed by atoms with van der Waals surface area (Å²) in [7, 11) is -1.04. The third-order valence-corrected chi connectivity index (χ3v) is 7.90. The molecule has 1 aliphatic rings. The van der Waals surface area contributed by atoms with E-state index in [1.54, 1.807) is 67.7 Å². The Morgan fingerprint density at radius 1 is 0.950 bits per heavy atom. The van der Waals surface area contributed by atoms with Gasteiger partial charge in [0.15, 0.2) is 11.6 Å². The van der Waals surface area contributed by atoms with Crippen LogP contribution in [0.5, 0.6) is 11.5 Å². The monoisotopic (exact) mass is 562 g/mol. The number of methoxy groups -OCH3 is 2. The van der Waals surface area contributed by atoms with E-state index in [1.165, 1.54) is 12.1 Å². The van der Waals surface area contributed by atoms with Gasteiger partial charge in [0.1, 0.15) is 11.5 Å². The zero-order valence-corrected chi connectivity index (χ0v) is 23.2. The van der Waals surface area contributed by atoms with Crippen molar-refractivity contribution in [2.24, 2.45) is 5.92 Å². The van der Waals surface area contributed by atoms with Gasteiger partial charge in [0.05, 0.1) is 36.1 Å². The first-order chi connectivity index (χ1) is 19.3. The molecule has 0 radical (unpaired) electrons. The Kier molecular flexibility index (Phi) is 7.71. The fraction of sp³-hybridized carbons (Fsp3) is 0.250. The number of nitrogens with zero attached hydrogens (tertiary/aromatic N) is 3. The van der Waals surface area contributed by atoms with Crippen LogP contribution in [0.25, 0.3) is 11.0 Å². The number of carbonyl (C=O) groups excluding carboxylic acids is 1. The summed E-state index contributed by atoms with van der Waals surface area (Å²) in [5, 5.41) is 6.25. The molecule has 0 spiro atoms. The number of nitrogens with one attached hydrogen (secondary N) is 3. The predicted octanol–water partition coefficient (Wildman–Crippen LogP) is 3.76. The number of rotatable bonds is 10. The first-order valence-electron chi connectivity index (χ1n) is 12.7. The minimum atomic E-state index is -4.12. The number of carbonyl (C=O) groups is 1. The molecule has 0 unspecified atom stereocenters. The number of fused-ring (bicyclic) bond motifs is 1. The van der Waals surface area contributed by atoms with Crippen LogP contribution in [0.15, 0.2) is 71.6 Å². The highest BCUT2D eigenvalue weighted by Crippen LogP contribution is 2.32. The Hall–Kier alpha value is -4.42. The summed E-state index contributed by atoms with van der Waals surface area (Å²) in [6.45, 7) is 3.51. The van der Waals surface area contributed by atoms with Gasteiger partial charge in [-0.1, -0.05) is 18.2 Å². The lowest BCUT2D eigenvalue weighted by Gasteiger charge is -2.32. The lowest BCUT2D eigenvalue weighted by atomic mass is 10.0. The maximum Gasteiger partial charge on any atom is 0.263 e. The molecule has 1 aromatic heterocycles. The van der Waals surface area contributed by atoms with E-state index in [4.69, 9.17) is 9.47 Å². The van der Waals surface area contributed by atoms with Crippen molar-refractivity contribution in [1.29, 1.82) is 0 Å². The summed E-state index contributed by atoms with van der Waals surface area (Å²) in [6, 6.07) is 18.7. The first kappa shape index (κ1) is 27.2. The highest BCUT2D eigenvalue weighted by molar-refractivity contribution is 7.92. The minimum absolute atomic E-state index is 0.00746. The largest absolute Gasteiger partial charge is 0.497 e. The van der Waals surface area contributed by atoms with Crippen molar-refractivity contribution in [1.82, 2.24) is 15.3 Å². The second kappa shape index (κ2) is 11.4. The SMILES string of the molecule is CCN(C(=O)C1CNC1)c1cccc(S(=O)(=O)Nc2nc3ccccc3nc2Nc2cc(OC)cc(OC)c2)c1. The van der Waals surface area contributed by atoms with Crippen LogP contribution in [0.3, 0.4) is 0 Å². The van der Waals surface area contributed by atoms with Gasteiger partial charge in [0, 0.05) is 49.2 Å². The van der Waals surface area contributed by atoms with Crippen LogP contribution in [0.1, 0.15) is 6.92 Å². The van der Waals surface area contributed by atoms with Gasteiger partial charge >= 0.3 is 0 Å². The Bertz CT molecular complexity index is 1640. The number of ether oxygens (including phenoxy) is 2. The van der Waals surface area contributed by atoms with Crippen molar-refractivity contribution < 1.29 is 22.7 Å². The molecule has 11 nitrogen and oxygen atoms in total. The van der Waals surface area contributed by atoms with Crippen LogP contribution in [0, 0.1) is 5.92 Å². The van der Waals surface area contributed by atoms with E-state index in [-0.39, 0.29) is 28.4 Å². The van der Waals surface area contributed by atoms with E-state index < -0.39 is 10.0 Å². The summed E-state index contributed by atoms with van der Waals surface area (Å²) in [6.07, 6.45) is 0. The minimum Gasteiger partial charge on any atom is -0.497 e. The van der Waals surface area contributed by atoms with Gasteiger partial charge in [0.2, 0.25) is 5.91 Å². The van der Waals surface area contributed by atoms with Gasteiger partial charge < -0.3 is 25.0 Å². The Balaban J connectivity index is 1.50. The second-order valence-electron chi connectivity index (χ2n) is 9.18. The number of anilines is 4. The van der Waals surface area contributed by atoms with Crippen molar-refractivity contribution in [3.63, 3.8) is 0 Å². The molecule has 1 fully saturated rings. The second-order valence-corrected chi connectivity index (χ2v) is 10.9.